The number of fused-ring (bicyclic) bond motifs is 11. The number of benzene rings is 13. The summed E-state index contributed by atoms with van der Waals surface area (Å²) < 4.78 is 2.56. The number of nitrogens with zero attached hydrogens (tertiary/aromatic N) is 1. The van der Waals surface area contributed by atoms with E-state index in [0.717, 1.165) is 18.5 Å². The Bertz CT molecular complexity index is 4400. The van der Waals surface area contributed by atoms with Crippen molar-refractivity contribution in [2.45, 2.75) is 38.0 Å². The van der Waals surface area contributed by atoms with E-state index in [9.17, 15) is 0 Å². The maximum absolute atomic E-state index is 2.92. The van der Waals surface area contributed by atoms with Gasteiger partial charge in [0.25, 0.3) is 0 Å². The molecule has 0 radical (unpaired) electrons. The quantitative estimate of drug-likeness (QED) is 0.0849. The molecular weight excluding hydrogens is 1110 g/mol. The Labute approximate surface area is 520 Å². The van der Waals surface area contributed by atoms with Crippen molar-refractivity contribution in [3.8, 4) is 5.69 Å². The molecule has 1 spiro atoms. The first-order valence-electron chi connectivity index (χ1n) is 31.3. The minimum Gasteiger partial charge on any atom is -0.309 e. The molecule has 1 aromatic heterocycles. The molecule has 3 heterocycles. The Kier molecular flexibility index (Phi) is 13.2. The van der Waals surface area contributed by atoms with Crippen LogP contribution >= 0.6 is 0 Å². The van der Waals surface area contributed by atoms with Crippen LogP contribution < -0.4 is 62.2 Å². The average Bonchev–Trinajstić information content (AvgIpc) is 0.736. The molecular formula is C84H67NSi3. The van der Waals surface area contributed by atoms with Crippen LogP contribution in [-0.2, 0) is 11.8 Å². The Hall–Kier alpha value is -9.69. The first kappa shape index (κ1) is 53.8. The summed E-state index contributed by atoms with van der Waals surface area (Å²) in [7, 11) is -8.50. The van der Waals surface area contributed by atoms with E-state index in [-0.39, 0.29) is 11.3 Å². The fraction of sp³-hybridized carbons (Fsp3) is 0.0714. The molecule has 420 valence electrons. The molecule has 2 aliphatic rings. The van der Waals surface area contributed by atoms with Crippen LogP contribution in [0.15, 0.2) is 340 Å². The molecule has 0 amide bonds. The lowest BCUT2D eigenvalue weighted by Gasteiger charge is -2.47. The molecule has 0 fully saturated rings. The topological polar surface area (TPSA) is 4.93 Å². The van der Waals surface area contributed by atoms with E-state index >= 15 is 0 Å². The zero-order valence-electron chi connectivity index (χ0n) is 49.8. The molecule has 14 aromatic rings. The summed E-state index contributed by atoms with van der Waals surface area (Å²) in [4.78, 5) is 0. The van der Waals surface area contributed by atoms with Gasteiger partial charge in [0.2, 0.25) is 0 Å². The summed E-state index contributed by atoms with van der Waals surface area (Å²) in [6, 6.07) is 131. The van der Waals surface area contributed by atoms with Gasteiger partial charge in [0, 0.05) is 22.4 Å². The molecule has 0 saturated carbocycles. The monoisotopic (exact) mass is 1170 g/mol. The third-order valence-corrected chi connectivity index (χ3v) is 34.9. The van der Waals surface area contributed by atoms with E-state index in [1.165, 1.54) is 91.1 Å². The lowest BCUT2D eigenvalue weighted by Crippen LogP contribution is -2.80. The molecule has 0 N–H and O–H groups in total. The summed E-state index contributed by atoms with van der Waals surface area (Å²) in [6.45, 7) is 4.96. The minimum absolute atomic E-state index is 0.178. The van der Waals surface area contributed by atoms with E-state index in [4.69, 9.17) is 0 Å². The smallest absolute Gasteiger partial charge is 0.180 e. The van der Waals surface area contributed by atoms with Crippen LogP contribution in [0.25, 0.3) is 27.5 Å². The minimum atomic E-state index is -2.92. The molecule has 13 aromatic carbocycles. The summed E-state index contributed by atoms with van der Waals surface area (Å²) in [6.07, 6.45) is 1.95. The van der Waals surface area contributed by atoms with Gasteiger partial charge in [0.05, 0.1) is 11.0 Å². The second kappa shape index (κ2) is 21.6. The van der Waals surface area contributed by atoms with Crippen molar-refractivity contribution >= 4 is 108 Å². The van der Waals surface area contributed by atoms with Gasteiger partial charge in [-0.15, -0.1) is 0 Å². The second-order valence-corrected chi connectivity index (χ2v) is 36.4. The molecule has 4 heteroatoms. The zero-order chi connectivity index (χ0) is 58.9. The standard InChI is InChI=1S/C84H67NSi3/c1-84(2,60-77-73-43-23-27-47-82(73)88(83-48-28-24-44-74(77)83)80-45-25-21-29-61(80)57-62-30-22-26-46-81(62)88)63-49-51-64(52-50-63)85-78-55-53-71(86(65-31-9-3-10-32-65,66-33-11-4-12-34-66)67-35-13-5-14-36-67)58-75(78)76-59-72(54-56-79(76)85)87(68-37-15-6-16-38-68,69-39-17-7-18-40-69)70-41-19-8-20-42-70/h3-56,58-59,77H,57,60H2,1-2H3. The lowest BCUT2D eigenvalue weighted by atomic mass is 9.73. The molecule has 88 heavy (non-hydrogen) atoms. The molecule has 0 saturated heterocycles. The summed E-state index contributed by atoms with van der Waals surface area (Å²) >= 11 is 0. The maximum Gasteiger partial charge on any atom is 0.180 e. The van der Waals surface area contributed by atoms with Crippen molar-refractivity contribution in [1.82, 2.24) is 4.57 Å². The maximum atomic E-state index is 2.60. The van der Waals surface area contributed by atoms with Crippen molar-refractivity contribution in [1.29, 1.82) is 0 Å². The normalized spacial score (nSPS) is 13.6. The molecule has 0 atom stereocenters. The van der Waals surface area contributed by atoms with Gasteiger partial charge in [-0.2, -0.15) is 0 Å². The predicted octanol–water partition coefficient (Wildman–Crippen LogP) is 11.6. The van der Waals surface area contributed by atoms with E-state index in [1.807, 2.05) is 0 Å². The van der Waals surface area contributed by atoms with Gasteiger partial charge in [-0.05, 0) is 133 Å². The molecule has 0 unspecified atom stereocenters. The first-order chi connectivity index (χ1) is 43.4. The van der Waals surface area contributed by atoms with Gasteiger partial charge in [-0.25, -0.2) is 0 Å². The highest BCUT2D eigenvalue weighted by molar-refractivity contribution is 7.22. The van der Waals surface area contributed by atoms with E-state index < -0.39 is 24.2 Å². The number of aromatic nitrogens is 1. The SMILES string of the molecule is CC(C)(CC1c2ccccc2[Si]2(c3ccccc3Cc3ccccc32)c2ccccc21)c1ccc(-n2c3ccc([Si](c4ccccc4)(c4ccccc4)c4ccccc4)cc3c3cc([Si](c4ccccc4)(c4ccccc4)c4ccccc4)ccc32)cc1. The summed E-state index contributed by atoms with van der Waals surface area (Å²) in [5, 5.41) is 19.6. The third kappa shape index (κ3) is 8.23. The Balaban J connectivity index is 0.880. The van der Waals surface area contributed by atoms with Crippen LogP contribution in [0.5, 0.6) is 0 Å². The number of hydrogen-bond acceptors (Lipinski definition) is 0. The van der Waals surface area contributed by atoms with Crippen molar-refractivity contribution in [2.24, 2.45) is 0 Å². The Morgan fingerprint density at radius 2 is 0.648 bits per heavy atom. The average molecular weight is 1170 g/mol. The van der Waals surface area contributed by atoms with E-state index in [1.54, 1.807) is 20.7 Å². The molecule has 0 aliphatic carbocycles. The molecule has 1 nitrogen and oxygen atoms in total. The van der Waals surface area contributed by atoms with Crippen LogP contribution in [0.3, 0.4) is 0 Å². The molecule has 0 bridgehead atoms. The van der Waals surface area contributed by atoms with Gasteiger partial charge in [-0.3, -0.25) is 0 Å². The predicted molar refractivity (Wildman–Crippen MR) is 380 cm³/mol. The highest BCUT2D eigenvalue weighted by Crippen LogP contribution is 2.42. The van der Waals surface area contributed by atoms with Gasteiger partial charge in [-0.1, -0.05) is 329 Å². The van der Waals surface area contributed by atoms with Crippen LogP contribution in [0, 0.1) is 0 Å². The van der Waals surface area contributed by atoms with Crippen molar-refractivity contribution in [2.75, 3.05) is 0 Å². The van der Waals surface area contributed by atoms with Crippen molar-refractivity contribution in [3.63, 3.8) is 0 Å². The lowest BCUT2D eigenvalue weighted by molar-refractivity contribution is 0.451. The van der Waals surface area contributed by atoms with E-state index in [0.29, 0.717) is 0 Å². The molecule has 16 rings (SSSR count). The van der Waals surface area contributed by atoms with Gasteiger partial charge in [0.1, 0.15) is 0 Å². The second-order valence-electron chi connectivity index (χ2n) is 25.1. The van der Waals surface area contributed by atoms with Gasteiger partial charge < -0.3 is 4.57 Å². The summed E-state index contributed by atoms with van der Waals surface area (Å²) in [5.41, 5.74) is 10.7. The number of rotatable bonds is 12. The first-order valence-corrected chi connectivity index (χ1v) is 37.3. The van der Waals surface area contributed by atoms with Gasteiger partial charge in [0.15, 0.2) is 24.2 Å². The van der Waals surface area contributed by atoms with E-state index in [2.05, 4.69) is 358 Å². The van der Waals surface area contributed by atoms with Crippen LogP contribution in [-0.4, -0.2) is 28.8 Å². The fourth-order valence-corrected chi connectivity index (χ4v) is 31.8. The highest BCUT2D eigenvalue weighted by Gasteiger charge is 2.52. The third-order valence-electron chi connectivity index (χ3n) is 20.2. The highest BCUT2D eigenvalue weighted by atomic mass is 28.3. The van der Waals surface area contributed by atoms with Crippen LogP contribution in [0.4, 0.5) is 0 Å². The fourth-order valence-electron chi connectivity index (χ4n) is 16.4. The molecule has 2 aliphatic heterocycles. The van der Waals surface area contributed by atoms with Crippen LogP contribution in [0.2, 0.25) is 0 Å². The largest absolute Gasteiger partial charge is 0.309 e. The van der Waals surface area contributed by atoms with Crippen molar-refractivity contribution < 1.29 is 0 Å². The number of hydrogen-bond donors (Lipinski definition) is 0. The van der Waals surface area contributed by atoms with Crippen LogP contribution in [0.1, 0.15) is 54.0 Å². The Morgan fingerprint density at radius 3 is 1.01 bits per heavy atom. The van der Waals surface area contributed by atoms with Crippen molar-refractivity contribution in [3.05, 3.63) is 368 Å². The Morgan fingerprint density at radius 1 is 0.330 bits per heavy atom. The summed E-state index contributed by atoms with van der Waals surface area (Å²) in [5.74, 6) is 0.221. The van der Waals surface area contributed by atoms with Gasteiger partial charge >= 0.3 is 0 Å². The zero-order valence-corrected chi connectivity index (χ0v) is 52.8.